The van der Waals surface area contributed by atoms with Gasteiger partial charge in [0.1, 0.15) is 0 Å². The number of hydrogen-bond donors (Lipinski definition) is 0. The van der Waals surface area contributed by atoms with Crippen LogP contribution in [0.25, 0.3) is 0 Å². The summed E-state index contributed by atoms with van der Waals surface area (Å²) in [5.41, 5.74) is 4.01. The van der Waals surface area contributed by atoms with Crippen molar-refractivity contribution < 1.29 is 16.8 Å². The first-order chi connectivity index (χ1) is 21.9. The Morgan fingerprint density at radius 3 is 2.22 bits per heavy atom. The van der Waals surface area contributed by atoms with Crippen molar-refractivity contribution in [1.29, 1.82) is 0 Å². The van der Waals surface area contributed by atoms with Gasteiger partial charge in [-0.1, -0.05) is 30.7 Å². The molecule has 1 aromatic heterocycles. The van der Waals surface area contributed by atoms with E-state index in [-0.39, 0.29) is 30.4 Å². The Hall–Kier alpha value is -2.58. The molecule has 2 aromatic carbocycles. The van der Waals surface area contributed by atoms with E-state index >= 15 is 0 Å². The summed E-state index contributed by atoms with van der Waals surface area (Å²) in [5.74, 6) is -0.229. The number of aromatic nitrogens is 1. The smallest absolute Gasteiger partial charge is 0.282 e. The van der Waals surface area contributed by atoms with E-state index in [1.165, 1.54) is 4.31 Å². The van der Waals surface area contributed by atoms with Gasteiger partial charge in [0, 0.05) is 83.0 Å². The normalized spacial score (nSPS) is 20.4. The average Bonchev–Trinajstić information content (AvgIpc) is 3.03. The molecule has 0 spiro atoms. The fourth-order valence-electron chi connectivity index (χ4n) is 6.25. The molecule has 2 aliphatic heterocycles. The zero-order valence-electron chi connectivity index (χ0n) is 26.9. The largest absolute Gasteiger partial charge is 0.378 e. The predicted molar refractivity (Wildman–Crippen MR) is 183 cm³/mol. The lowest BCUT2D eigenvalue weighted by Gasteiger charge is -2.36. The first-order valence-electron chi connectivity index (χ1n) is 15.8. The Balaban J connectivity index is 1.40. The molecule has 0 radical (unpaired) electrons. The van der Waals surface area contributed by atoms with Gasteiger partial charge >= 0.3 is 0 Å². The molecule has 10 nitrogen and oxygen atoms in total. The second-order valence-electron chi connectivity index (χ2n) is 12.6. The van der Waals surface area contributed by atoms with Crippen molar-refractivity contribution in [3.8, 4) is 0 Å². The summed E-state index contributed by atoms with van der Waals surface area (Å²) in [6.07, 6.45) is 5.49. The van der Waals surface area contributed by atoms with Crippen LogP contribution in [0, 0.1) is 5.92 Å². The van der Waals surface area contributed by atoms with Crippen molar-refractivity contribution in [3.05, 3.63) is 88.7 Å². The fourth-order valence-corrected chi connectivity index (χ4v) is 9.79. The molecular formula is C33H45ClN6O4S2. The topological polar surface area (TPSA) is 97.4 Å². The second-order valence-corrected chi connectivity index (χ2v) is 16.9. The zero-order chi connectivity index (χ0) is 32.9. The molecule has 1 atom stereocenters. The van der Waals surface area contributed by atoms with Crippen molar-refractivity contribution in [2.45, 2.75) is 44.2 Å². The number of anilines is 1. The van der Waals surface area contributed by atoms with E-state index in [4.69, 9.17) is 11.6 Å². The van der Waals surface area contributed by atoms with E-state index in [0.717, 1.165) is 22.4 Å². The van der Waals surface area contributed by atoms with Crippen LogP contribution in [0.15, 0.2) is 71.9 Å². The van der Waals surface area contributed by atoms with Gasteiger partial charge in [0.2, 0.25) is 10.0 Å². The maximum Gasteiger partial charge on any atom is 0.282 e. The van der Waals surface area contributed by atoms with Crippen molar-refractivity contribution in [1.82, 2.24) is 22.8 Å². The molecule has 0 bridgehead atoms. The molecule has 1 fully saturated rings. The summed E-state index contributed by atoms with van der Waals surface area (Å²) in [5, 5.41) is 0.649. The number of hydrogen-bond acceptors (Lipinski definition) is 7. The van der Waals surface area contributed by atoms with Crippen LogP contribution in [-0.2, 0) is 39.7 Å². The molecule has 3 heterocycles. The summed E-state index contributed by atoms with van der Waals surface area (Å²) >= 11 is 6.20. The van der Waals surface area contributed by atoms with Gasteiger partial charge in [0.15, 0.2) is 0 Å². The highest BCUT2D eigenvalue weighted by Crippen LogP contribution is 2.27. The van der Waals surface area contributed by atoms with Crippen molar-refractivity contribution in [2.75, 3.05) is 64.8 Å². The van der Waals surface area contributed by atoms with E-state index in [1.807, 2.05) is 68.5 Å². The minimum absolute atomic E-state index is 0.216. The van der Waals surface area contributed by atoms with Gasteiger partial charge in [-0.2, -0.15) is 21.3 Å². The molecule has 0 saturated carbocycles. The van der Waals surface area contributed by atoms with E-state index in [9.17, 15) is 16.8 Å². The minimum Gasteiger partial charge on any atom is -0.378 e. The summed E-state index contributed by atoms with van der Waals surface area (Å²) in [7, 11) is -3.81. The molecule has 0 aliphatic carbocycles. The Morgan fingerprint density at radius 2 is 1.54 bits per heavy atom. The standard InChI is InChI=1S/C33H45ClN6O4S2/c1-27-23-38(45(41,42)33-12-10-32(11-13-33)36(2)3)18-5-16-37(25-28-7-4-15-35-22-28)17-6-19-39(24-27)46(43,44)40-20-14-29-21-31(34)9-8-30(29)26-40/h4,7-13,15,21-22,27H,5-6,14,16-20,23-26H2,1-3H3/t27-/m0/s1. The quantitative estimate of drug-likeness (QED) is 0.365. The number of fused-ring (bicyclic) bond motifs is 1. The Bertz CT molecular complexity index is 1670. The molecule has 2 aliphatic rings. The lowest BCUT2D eigenvalue weighted by molar-refractivity contribution is 0.213. The molecular weight excluding hydrogens is 644 g/mol. The SMILES string of the molecule is C[C@H]1CN(S(=O)(=O)c2ccc(N(C)C)cc2)CCCN(Cc2cccnc2)CCCN(S(=O)(=O)N2CCc3cc(Cl)ccc3C2)C1. The van der Waals surface area contributed by atoms with Gasteiger partial charge in [-0.15, -0.1) is 0 Å². The van der Waals surface area contributed by atoms with Crippen molar-refractivity contribution >= 4 is 37.5 Å². The number of sulfonamides is 1. The molecule has 250 valence electrons. The molecule has 0 amide bonds. The van der Waals surface area contributed by atoms with Crippen LogP contribution in [-0.4, -0.2) is 99.5 Å². The first-order valence-corrected chi connectivity index (χ1v) is 19.1. The number of nitrogens with zero attached hydrogens (tertiary/aromatic N) is 6. The Labute approximate surface area is 279 Å². The second kappa shape index (κ2) is 15.1. The van der Waals surface area contributed by atoms with Crippen LogP contribution in [0.4, 0.5) is 5.69 Å². The van der Waals surface area contributed by atoms with Gasteiger partial charge in [0.25, 0.3) is 10.2 Å². The van der Waals surface area contributed by atoms with Crippen LogP contribution in [0.2, 0.25) is 5.02 Å². The maximum atomic E-state index is 14.2. The average molecular weight is 689 g/mol. The molecule has 0 N–H and O–H groups in total. The van der Waals surface area contributed by atoms with Gasteiger partial charge in [-0.25, -0.2) is 8.42 Å². The molecule has 13 heteroatoms. The third kappa shape index (κ3) is 8.46. The molecule has 5 rings (SSSR count). The number of benzene rings is 2. The molecule has 1 saturated heterocycles. The predicted octanol–water partition coefficient (Wildman–Crippen LogP) is 4.33. The summed E-state index contributed by atoms with van der Waals surface area (Å²) in [6.45, 7) is 5.72. The molecule has 0 unspecified atom stereocenters. The molecule has 46 heavy (non-hydrogen) atoms. The number of pyridine rings is 1. The highest BCUT2D eigenvalue weighted by Gasteiger charge is 2.35. The van der Waals surface area contributed by atoms with Gasteiger partial charge < -0.3 is 4.90 Å². The highest BCUT2D eigenvalue weighted by atomic mass is 35.5. The third-order valence-corrected chi connectivity index (χ3v) is 12.8. The Morgan fingerprint density at radius 1 is 0.848 bits per heavy atom. The summed E-state index contributed by atoms with van der Waals surface area (Å²) < 4.78 is 61.1. The molecule has 3 aromatic rings. The van der Waals surface area contributed by atoms with Crippen molar-refractivity contribution in [2.24, 2.45) is 5.92 Å². The minimum atomic E-state index is -3.82. The highest BCUT2D eigenvalue weighted by molar-refractivity contribution is 7.89. The maximum absolute atomic E-state index is 14.2. The number of halogens is 1. The van der Waals surface area contributed by atoms with Gasteiger partial charge in [-0.05, 0) is 97.4 Å². The van der Waals surface area contributed by atoms with E-state index < -0.39 is 20.2 Å². The van der Waals surface area contributed by atoms with Gasteiger partial charge in [-0.3, -0.25) is 9.88 Å². The van der Waals surface area contributed by atoms with Crippen LogP contribution in [0.5, 0.6) is 0 Å². The summed E-state index contributed by atoms with van der Waals surface area (Å²) in [4.78, 5) is 8.69. The first kappa shape index (κ1) is 34.7. The van der Waals surface area contributed by atoms with Crippen LogP contribution >= 0.6 is 11.6 Å². The Kier molecular flexibility index (Phi) is 11.4. The van der Waals surface area contributed by atoms with Crippen LogP contribution < -0.4 is 4.90 Å². The zero-order valence-corrected chi connectivity index (χ0v) is 29.3. The lowest BCUT2D eigenvalue weighted by atomic mass is 10.0. The van der Waals surface area contributed by atoms with E-state index in [2.05, 4.69) is 9.88 Å². The van der Waals surface area contributed by atoms with Crippen molar-refractivity contribution in [3.63, 3.8) is 0 Å². The van der Waals surface area contributed by atoms with Crippen LogP contribution in [0.3, 0.4) is 0 Å². The summed E-state index contributed by atoms with van der Waals surface area (Å²) in [6, 6.07) is 16.5. The fraction of sp³-hybridized carbons (Fsp3) is 0.485. The van der Waals surface area contributed by atoms with E-state index in [0.29, 0.717) is 63.6 Å². The third-order valence-electron chi connectivity index (χ3n) is 8.71. The monoisotopic (exact) mass is 688 g/mol. The van der Waals surface area contributed by atoms with Gasteiger partial charge in [0.05, 0.1) is 4.90 Å². The van der Waals surface area contributed by atoms with Crippen LogP contribution in [0.1, 0.15) is 36.5 Å². The number of rotatable bonds is 7. The lowest BCUT2D eigenvalue weighted by Crippen LogP contribution is -2.49. The van der Waals surface area contributed by atoms with E-state index in [1.54, 1.807) is 33.0 Å².